The van der Waals surface area contributed by atoms with E-state index in [0.717, 1.165) is 28.9 Å². The Bertz CT molecular complexity index is 775. The van der Waals surface area contributed by atoms with Crippen molar-refractivity contribution in [2.75, 3.05) is 5.32 Å². The second-order valence-corrected chi connectivity index (χ2v) is 6.14. The molecule has 25 heavy (non-hydrogen) atoms. The van der Waals surface area contributed by atoms with Crippen LogP contribution in [0.5, 0.6) is 0 Å². The zero-order valence-electron chi connectivity index (χ0n) is 14.3. The first-order valence-electron chi connectivity index (χ1n) is 7.94. The molecule has 1 N–H and O–H groups in total. The molecule has 0 heterocycles. The van der Waals surface area contributed by atoms with E-state index in [1.165, 1.54) is 24.3 Å². The van der Waals surface area contributed by atoms with E-state index in [9.17, 15) is 18.0 Å². The van der Waals surface area contributed by atoms with Crippen LogP contribution in [-0.4, -0.2) is 5.91 Å². The van der Waals surface area contributed by atoms with Crippen molar-refractivity contribution in [1.29, 1.82) is 0 Å². The lowest BCUT2D eigenvalue weighted by molar-refractivity contribution is -0.137. The van der Waals surface area contributed by atoms with E-state index in [2.05, 4.69) is 5.32 Å². The van der Waals surface area contributed by atoms with Crippen molar-refractivity contribution in [2.45, 2.75) is 32.9 Å². The van der Waals surface area contributed by atoms with E-state index in [-0.39, 0.29) is 11.8 Å². The predicted octanol–water partition coefficient (Wildman–Crippen LogP) is 5.79. The van der Waals surface area contributed by atoms with Crippen LogP contribution >= 0.6 is 0 Å². The molecule has 0 spiro atoms. The van der Waals surface area contributed by atoms with Crippen molar-refractivity contribution in [3.05, 3.63) is 70.8 Å². The summed E-state index contributed by atoms with van der Waals surface area (Å²) in [4.78, 5) is 12.2. The summed E-state index contributed by atoms with van der Waals surface area (Å²) >= 11 is 0. The molecule has 0 aliphatic rings. The molecule has 2 aromatic rings. The van der Waals surface area contributed by atoms with Gasteiger partial charge in [-0.1, -0.05) is 44.2 Å². The summed E-state index contributed by atoms with van der Waals surface area (Å²) in [6.45, 7) is 6.01. The van der Waals surface area contributed by atoms with Crippen molar-refractivity contribution >= 4 is 17.7 Å². The van der Waals surface area contributed by atoms with Crippen LogP contribution in [0, 0.1) is 6.92 Å². The van der Waals surface area contributed by atoms with Crippen LogP contribution in [0.3, 0.4) is 0 Å². The summed E-state index contributed by atoms with van der Waals surface area (Å²) in [6, 6.07) is 10.5. The number of nitrogens with one attached hydrogen (secondary N) is 1. The molecule has 0 aliphatic carbocycles. The molecule has 0 aromatic heterocycles. The van der Waals surface area contributed by atoms with Gasteiger partial charge in [-0.15, -0.1) is 0 Å². The number of rotatable bonds is 4. The quantitative estimate of drug-likeness (QED) is 0.697. The van der Waals surface area contributed by atoms with E-state index < -0.39 is 11.7 Å². The number of anilines is 1. The number of carbonyl (C=O) groups excluding carboxylic acids is 1. The number of para-hydroxylation sites is 1. The number of hydrogen-bond acceptors (Lipinski definition) is 1. The summed E-state index contributed by atoms with van der Waals surface area (Å²) in [5.41, 5.74) is 2.59. The average molecular weight is 347 g/mol. The second-order valence-electron chi connectivity index (χ2n) is 6.14. The van der Waals surface area contributed by atoms with E-state index in [1.54, 1.807) is 0 Å². The van der Waals surface area contributed by atoms with Gasteiger partial charge in [0, 0.05) is 11.8 Å². The van der Waals surface area contributed by atoms with Crippen LogP contribution in [0.25, 0.3) is 6.08 Å². The van der Waals surface area contributed by atoms with Gasteiger partial charge < -0.3 is 5.32 Å². The van der Waals surface area contributed by atoms with Crippen molar-refractivity contribution in [3.63, 3.8) is 0 Å². The monoisotopic (exact) mass is 347 g/mol. The van der Waals surface area contributed by atoms with Crippen LogP contribution in [0.1, 0.15) is 42.0 Å². The minimum atomic E-state index is -4.36. The Balaban J connectivity index is 2.12. The van der Waals surface area contributed by atoms with Crippen LogP contribution < -0.4 is 5.32 Å². The molecule has 5 heteroatoms. The van der Waals surface area contributed by atoms with Crippen LogP contribution in [0.2, 0.25) is 0 Å². The molecule has 2 rings (SSSR count). The lowest BCUT2D eigenvalue weighted by Crippen LogP contribution is -2.11. The second kappa shape index (κ2) is 7.55. The normalized spacial score (nSPS) is 12.0. The highest BCUT2D eigenvalue weighted by molar-refractivity contribution is 6.02. The minimum absolute atomic E-state index is 0.258. The molecule has 0 fully saturated rings. The first-order valence-corrected chi connectivity index (χ1v) is 7.94. The molecule has 0 radical (unpaired) electrons. The van der Waals surface area contributed by atoms with E-state index >= 15 is 0 Å². The maximum absolute atomic E-state index is 12.5. The number of benzene rings is 2. The molecule has 0 unspecified atom stereocenters. The smallest absolute Gasteiger partial charge is 0.322 e. The predicted molar refractivity (Wildman–Crippen MR) is 94.4 cm³/mol. The van der Waals surface area contributed by atoms with Crippen LogP contribution in [0.15, 0.2) is 48.5 Å². The van der Waals surface area contributed by atoms with Gasteiger partial charge in [-0.05, 0) is 47.7 Å². The molecule has 0 atom stereocenters. The number of carbonyl (C=O) groups is 1. The lowest BCUT2D eigenvalue weighted by atomic mass is 9.98. The van der Waals surface area contributed by atoms with Gasteiger partial charge in [-0.3, -0.25) is 4.79 Å². The molecule has 2 aromatic carbocycles. The first kappa shape index (κ1) is 18.8. The number of amides is 1. The van der Waals surface area contributed by atoms with Gasteiger partial charge in [0.25, 0.3) is 0 Å². The summed E-state index contributed by atoms with van der Waals surface area (Å²) in [5, 5.41) is 2.86. The molecule has 0 aliphatic heterocycles. The minimum Gasteiger partial charge on any atom is -0.322 e. The lowest BCUT2D eigenvalue weighted by Gasteiger charge is -2.15. The molecule has 1 amide bonds. The Hall–Kier alpha value is -2.56. The zero-order chi connectivity index (χ0) is 18.6. The molecular formula is C20H20F3NO. The van der Waals surface area contributed by atoms with Crippen molar-refractivity contribution in [2.24, 2.45) is 0 Å². The van der Waals surface area contributed by atoms with Gasteiger partial charge in [0.05, 0.1) is 5.56 Å². The molecule has 132 valence electrons. The van der Waals surface area contributed by atoms with Gasteiger partial charge in [-0.25, -0.2) is 0 Å². The molecule has 0 saturated carbocycles. The Morgan fingerprint density at radius 1 is 1.08 bits per heavy atom. The van der Waals surface area contributed by atoms with Gasteiger partial charge >= 0.3 is 6.18 Å². The molecular weight excluding hydrogens is 327 g/mol. The van der Waals surface area contributed by atoms with Gasteiger partial charge in [0.2, 0.25) is 5.91 Å². The highest BCUT2D eigenvalue weighted by atomic mass is 19.4. The van der Waals surface area contributed by atoms with Gasteiger partial charge in [-0.2, -0.15) is 13.2 Å². The van der Waals surface area contributed by atoms with E-state index in [4.69, 9.17) is 0 Å². The standard InChI is InChI=1S/C20H20F3NO/c1-13(2)17-6-4-5-14(3)19(17)24-18(25)12-9-15-7-10-16(11-8-15)20(21,22)23/h4-13H,1-3H3,(H,24,25)/b12-9+. The third-order valence-electron chi connectivity index (χ3n) is 3.84. The maximum Gasteiger partial charge on any atom is 0.416 e. The van der Waals surface area contributed by atoms with Crippen molar-refractivity contribution in [3.8, 4) is 0 Å². The van der Waals surface area contributed by atoms with Gasteiger partial charge in [0.15, 0.2) is 0 Å². The Morgan fingerprint density at radius 2 is 1.72 bits per heavy atom. The maximum atomic E-state index is 12.5. The number of alkyl halides is 3. The Kier molecular flexibility index (Phi) is 5.67. The van der Waals surface area contributed by atoms with Gasteiger partial charge in [0.1, 0.15) is 0 Å². The molecule has 0 bridgehead atoms. The summed E-state index contributed by atoms with van der Waals surface area (Å²) in [6.07, 6.45) is -1.56. The van der Waals surface area contributed by atoms with Crippen LogP contribution in [0.4, 0.5) is 18.9 Å². The summed E-state index contributed by atoms with van der Waals surface area (Å²) < 4.78 is 37.6. The fourth-order valence-corrected chi connectivity index (χ4v) is 2.46. The Labute approximate surface area is 145 Å². The molecule has 0 saturated heterocycles. The first-order chi connectivity index (χ1) is 11.7. The summed E-state index contributed by atoms with van der Waals surface area (Å²) in [5.74, 6) is -0.0646. The van der Waals surface area contributed by atoms with E-state index in [1.807, 2.05) is 39.0 Å². The highest BCUT2D eigenvalue weighted by Gasteiger charge is 2.29. The topological polar surface area (TPSA) is 29.1 Å². The zero-order valence-corrected chi connectivity index (χ0v) is 14.3. The Morgan fingerprint density at radius 3 is 2.28 bits per heavy atom. The fraction of sp³-hybridized carbons (Fsp3) is 0.250. The van der Waals surface area contributed by atoms with Crippen molar-refractivity contribution in [1.82, 2.24) is 0 Å². The number of aryl methyl sites for hydroxylation is 1. The largest absolute Gasteiger partial charge is 0.416 e. The van der Waals surface area contributed by atoms with Crippen LogP contribution in [-0.2, 0) is 11.0 Å². The SMILES string of the molecule is Cc1cccc(C(C)C)c1NC(=O)/C=C/c1ccc(C(F)(F)F)cc1. The fourth-order valence-electron chi connectivity index (χ4n) is 2.46. The van der Waals surface area contributed by atoms with Crippen molar-refractivity contribution < 1.29 is 18.0 Å². The third kappa shape index (κ3) is 4.95. The molecule has 2 nitrogen and oxygen atoms in total. The highest BCUT2D eigenvalue weighted by Crippen LogP contribution is 2.29. The number of halogens is 3. The average Bonchev–Trinajstić information content (AvgIpc) is 2.54. The summed E-state index contributed by atoms with van der Waals surface area (Å²) in [7, 11) is 0. The number of hydrogen-bond donors (Lipinski definition) is 1. The van der Waals surface area contributed by atoms with E-state index in [0.29, 0.717) is 5.56 Å². The third-order valence-corrected chi connectivity index (χ3v) is 3.84.